The first-order valence-corrected chi connectivity index (χ1v) is 8.74. The van der Waals surface area contributed by atoms with Gasteiger partial charge in [0.1, 0.15) is 5.82 Å². The molecule has 1 unspecified atom stereocenters. The van der Waals surface area contributed by atoms with Crippen molar-refractivity contribution in [3.05, 3.63) is 34.6 Å². The molecule has 0 aliphatic carbocycles. The Bertz CT molecular complexity index is 546. The molecule has 2 aliphatic heterocycles. The first-order valence-electron chi connectivity index (χ1n) is 8.36. The number of halogens is 2. The van der Waals surface area contributed by atoms with Crippen molar-refractivity contribution in [2.45, 2.75) is 19.4 Å². The van der Waals surface area contributed by atoms with Crippen LogP contribution in [0.25, 0.3) is 0 Å². The summed E-state index contributed by atoms with van der Waals surface area (Å²) in [5.74, 6) is 0.296. The molecule has 0 bridgehead atoms. The minimum Gasteiger partial charge on any atom is -0.384 e. The monoisotopic (exact) mass is 340 g/mol. The van der Waals surface area contributed by atoms with Crippen molar-refractivity contribution in [3.8, 4) is 0 Å². The van der Waals surface area contributed by atoms with Gasteiger partial charge < -0.3 is 9.64 Å². The number of methoxy groups -OCH3 is 1. The second-order valence-electron chi connectivity index (χ2n) is 7.24. The van der Waals surface area contributed by atoms with Gasteiger partial charge in [-0.2, -0.15) is 0 Å². The van der Waals surface area contributed by atoms with Gasteiger partial charge in [-0.3, -0.25) is 4.90 Å². The van der Waals surface area contributed by atoms with Crippen LogP contribution in [0.15, 0.2) is 18.2 Å². The molecule has 0 saturated carbocycles. The Balaban J connectivity index is 1.60. The van der Waals surface area contributed by atoms with Crippen molar-refractivity contribution in [2.75, 3.05) is 46.9 Å². The van der Waals surface area contributed by atoms with Crippen LogP contribution in [0, 0.1) is 17.2 Å². The number of hydrogen-bond donors (Lipinski definition) is 0. The second kappa shape index (κ2) is 7.06. The molecule has 2 fully saturated rings. The molecule has 23 heavy (non-hydrogen) atoms. The highest BCUT2D eigenvalue weighted by Gasteiger charge is 2.46. The van der Waals surface area contributed by atoms with Crippen LogP contribution >= 0.6 is 11.6 Å². The van der Waals surface area contributed by atoms with E-state index in [1.54, 1.807) is 13.2 Å². The lowest BCUT2D eigenvalue weighted by Crippen LogP contribution is -2.44. The predicted octanol–water partition coefficient (Wildman–Crippen LogP) is 3.27. The standard InChI is InChI=1S/C18H26ClFN2O/c1-21-11-15(12-23-2)18(13-21)5-7-22(8-6-18)10-14-3-4-17(20)16(19)9-14/h3-4,9,15H,5-8,10-13H2,1-2H3. The van der Waals surface area contributed by atoms with Crippen LogP contribution in [0.5, 0.6) is 0 Å². The Hall–Kier alpha value is -0.680. The number of hydrogen-bond acceptors (Lipinski definition) is 3. The fourth-order valence-electron chi connectivity index (χ4n) is 4.35. The molecule has 128 valence electrons. The third kappa shape index (κ3) is 3.71. The van der Waals surface area contributed by atoms with Crippen molar-refractivity contribution in [1.29, 1.82) is 0 Å². The van der Waals surface area contributed by atoms with E-state index in [2.05, 4.69) is 16.8 Å². The maximum absolute atomic E-state index is 13.3. The van der Waals surface area contributed by atoms with Gasteiger partial charge in [-0.05, 0) is 56.1 Å². The van der Waals surface area contributed by atoms with Crippen LogP contribution < -0.4 is 0 Å². The highest BCUT2D eigenvalue weighted by molar-refractivity contribution is 6.30. The molecule has 5 heteroatoms. The summed E-state index contributed by atoms with van der Waals surface area (Å²) in [6, 6.07) is 5.05. The highest BCUT2D eigenvalue weighted by Crippen LogP contribution is 2.44. The van der Waals surface area contributed by atoms with Gasteiger partial charge >= 0.3 is 0 Å². The van der Waals surface area contributed by atoms with Crippen LogP contribution in [0.1, 0.15) is 18.4 Å². The molecule has 3 rings (SSSR count). The van der Waals surface area contributed by atoms with E-state index in [0.717, 1.165) is 38.3 Å². The van der Waals surface area contributed by atoms with Crippen molar-refractivity contribution in [1.82, 2.24) is 9.80 Å². The summed E-state index contributed by atoms with van der Waals surface area (Å²) in [4.78, 5) is 4.90. The quantitative estimate of drug-likeness (QED) is 0.836. The molecule has 2 aliphatic rings. The van der Waals surface area contributed by atoms with Crippen LogP contribution in [-0.2, 0) is 11.3 Å². The van der Waals surface area contributed by atoms with Gasteiger partial charge in [0.05, 0.1) is 11.6 Å². The molecule has 1 atom stereocenters. The zero-order valence-corrected chi connectivity index (χ0v) is 14.8. The van der Waals surface area contributed by atoms with Crippen molar-refractivity contribution in [2.24, 2.45) is 11.3 Å². The van der Waals surface area contributed by atoms with E-state index in [1.807, 2.05) is 6.07 Å². The number of piperidine rings is 1. The number of likely N-dealkylation sites (tertiary alicyclic amines) is 2. The summed E-state index contributed by atoms with van der Waals surface area (Å²) >= 11 is 5.89. The lowest BCUT2D eigenvalue weighted by atomic mass is 9.71. The number of nitrogens with zero attached hydrogens (tertiary/aromatic N) is 2. The minimum atomic E-state index is -0.343. The molecule has 1 aromatic rings. The molecule has 1 aromatic carbocycles. The normalized spacial score (nSPS) is 25.3. The Kier molecular flexibility index (Phi) is 5.26. The number of rotatable bonds is 4. The number of ether oxygens (including phenoxy) is 1. The van der Waals surface area contributed by atoms with E-state index in [1.165, 1.54) is 25.5 Å². The largest absolute Gasteiger partial charge is 0.384 e. The van der Waals surface area contributed by atoms with E-state index in [4.69, 9.17) is 16.3 Å². The zero-order chi connectivity index (χ0) is 16.4. The average molecular weight is 341 g/mol. The fraction of sp³-hybridized carbons (Fsp3) is 0.667. The summed E-state index contributed by atoms with van der Waals surface area (Å²) < 4.78 is 18.7. The highest BCUT2D eigenvalue weighted by atomic mass is 35.5. The summed E-state index contributed by atoms with van der Waals surface area (Å²) in [7, 11) is 4.02. The van der Waals surface area contributed by atoms with E-state index in [-0.39, 0.29) is 10.8 Å². The predicted molar refractivity (Wildman–Crippen MR) is 91.2 cm³/mol. The second-order valence-corrected chi connectivity index (χ2v) is 7.64. The molecule has 3 nitrogen and oxygen atoms in total. The molecule has 2 saturated heterocycles. The Labute approximate surface area is 143 Å². The van der Waals surface area contributed by atoms with Gasteiger partial charge in [-0.25, -0.2) is 4.39 Å². The summed E-state index contributed by atoms with van der Waals surface area (Å²) in [5, 5.41) is 0.216. The molecule has 2 heterocycles. The van der Waals surface area contributed by atoms with Gasteiger partial charge in [0.25, 0.3) is 0 Å². The topological polar surface area (TPSA) is 15.7 Å². The maximum atomic E-state index is 13.3. The van der Waals surface area contributed by atoms with Gasteiger partial charge in [-0.15, -0.1) is 0 Å². The molecular formula is C18H26ClFN2O. The summed E-state index contributed by atoms with van der Waals surface area (Å²) in [6.07, 6.45) is 2.42. The maximum Gasteiger partial charge on any atom is 0.141 e. The van der Waals surface area contributed by atoms with Crippen molar-refractivity contribution < 1.29 is 9.13 Å². The van der Waals surface area contributed by atoms with Crippen LogP contribution in [0.4, 0.5) is 4.39 Å². The van der Waals surface area contributed by atoms with Crippen LogP contribution in [-0.4, -0.2) is 56.7 Å². The molecule has 0 amide bonds. The Morgan fingerprint density at radius 3 is 2.74 bits per heavy atom. The average Bonchev–Trinajstić information content (AvgIpc) is 2.82. The van der Waals surface area contributed by atoms with E-state index in [0.29, 0.717) is 11.3 Å². The van der Waals surface area contributed by atoms with E-state index < -0.39 is 0 Å². The van der Waals surface area contributed by atoms with E-state index in [9.17, 15) is 4.39 Å². The van der Waals surface area contributed by atoms with Crippen molar-refractivity contribution >= 4 is 11.6 Å². The third-order valence-corrected chi connectivity index (χ3v) is 5.88. The number of benzene rings is 1. The van der Waals surface area contributed by atoms with Gasteiger partial charge in [0.15, 0.2) is 0 Å². The van der Waals surface area contributed by atoms with Gasteiger partial charge in [-0.1, -0.05) is 17.7 Å². The SMILES string of the molecule is COCC1CN(C)CC12CCN(Cc1ccc(F)c(Cl)c1)CC2. The van der Waals surface area contributed by atoms with Crippen LogP contribution in [0.3, 0.4) is 0 Å². The molecule has 0 radical (unpaired) electrons. The summed E-state index contributed by atoms with van der Waals surface area (Å²) in [6.45, 7) is 6.20. The minimum absolute atomic E-state index is 0.216. The molecule has 0 N–H and O–H groups in total. The Morgan fingerprint density at radius 1 is 1.35 bits per heavy atom. The smallest absolute Gasteiger partial charge is 0.141 e. The zero-order valence-electron chi connectivity index (χ0n) is 14.0. The van der Waals surface area contributed by atoms with E-state index >= 15 is 0 Å². The molecular weight excluding hydrogens is 315 g/mol. The summed E-state index contributed by atoms with van der Waals surface area (Å²) in [5.41, 5.74) is 1.49. The molecule has 1 spiro atoms. The van der Waals surface area contributed by atoms with Crippen molar-refractivity contribution in [3.63, 3.8) is 0 Å². The Morgan fingerprint density at radius 2 is 2.09 bits per heavy atom. The van der Waals surface area contributed by atoms with Crippen LogP contribution in [0.2, 0.25) is 5.02 Å². The first-order chi connectivity index (χ1) is 11.0. The first kappa shape index (κ1) is 17.2. The lowest BCUT2D eigenvalue weighted by molar-refractivity contribution is 0.0354. The van der Waals surface area contributed by atoms with Gasteiger partial charge in [0.2, 0.25) is 0 Å². The molecule has 0 aromatic heterocycles. The lowest BCUT2D eigenvalue weighted by Gasteiger charge is -2.42. The fourth-order valence-corrected chi connectivity index (χ4v) is 4.55. The third-order valence-electron chi connectivity index (χ3n) is 5.59. The van der Waals surface area contributed by atoms with Gasteiger partial charge in [0, 0.05) is 32.7 Å².